The standard InChI is InChI=1S/C13H12N4O/c18-13-14-10-8-12(16-13)17-15-9-4-7-11-5-2-1-3-6-11/h1-10H,(H2,14,16,17,18)/b7-4-,15-9+. The molecule has 0 aliphatic rings. The summed E-state index contributed by atoms with van der Waals surface area (Å²) in [5, 5.41) is 3.94. The summed E-state index contributed by atoms with van der Waals surface area (Å²) < 4.78 is 0. The lowest BCUT2D eigenvalue weighted by Gasteiger charge is -1.96. The van der Waals surface area contributed by atoms with Gasteiger partial charge in [-0.2, -0.15) is 5.10 Å². The van der Waals surface area contributed by atoms with E-state index in [-0.39, 0.29) is 0 Å². The Bertz CT molecular complexity index is 602. The lowest BCUT2D eigenvalue weighted by molar-refractivity contribution is 1.06. The first-order valence-corrected chi connectivity index (χ1v) is 5.41. The van der Waals surface area contributed by atoms with Crippen molar-refractivity contribution >= 4 is 18.1 Å². The van der Waals surface area contributed by atoms with Crippen LogP contribution in [0, 0.1) is 0 Å². The van der Waals surface area contributed by atoms with Gasteiger partial charge in [-0.05, 0) is 17.7 Å². The second-order valence-electron chi connectivity index (χ2n) is 3.45. The monoisotopic (exact) mass is 240 g/mol. The second kappa shape index (κ2) is 6.15. The molecule has 0 atom stereocenters. The van der Waals surface area contributed by atoms with Crippen LogP contribution in [0.25, 0.3) is 6.08 Å². The molecule has 0 saturated carbocycles. The third kappa shape index (κ3) is 3.71. The summed E-state index contributed by atoms with van der Waals surface area (Å²) in [6.07, 6.45) is 6.75. The quantitative estimate of drug-likeness (QED) is 0.633. The molecule has 0 radical (unpaired) electrons. The minimum Gasteiger partial charge on any atom is -0.291 e. The maximum absolute atomic E-state index is 10.9. The molecule has 5 nitrogen and oxygen atoms in total. The molecular formula is C13H12N4O. The number of aromatic nitrogens is 2. The molecule has 18 heavy (non-hydrogen) atoms. The minimum atomic E-state index is -0.407. The summed E-state index contributed by atoms with van der Waals surface area (Å²) in [4.78, 5) is 16.9. The lowest BCUT2D eigenvalue weighted by Crippen LogP contribution is -2.10. The molecule has 0 unspecified atom stereocenters. The normalized spacial score (nSPS) is 11.1. The molecule has 2 rings (SSSR count). The van der Waals surface area contributed by atoms with E-state index in [1.807, 2.05) is 42.5 Å². The van der Waals surface area contributed by atoms with Crippen molar-refractivity contribution in [1.29, 1.82) is 0 Å². The van der Waals surface area contributed by atoms with E-state index in [0.717, 1.165) is 5.56 Å². The van der Waals surface area contributed by atoms with E-state index in [0.29, 0.717) is 5.82 Å². The largest absolute Gasteiger partial charge is 0.346 e. The molecule has 5 heteroatoms. The zero-order chi connectivity index (χ0) is 12.6. The van der Waals surface area contributed by atoms with E-state index >= 15 is 0 Å². The van der Waals surface area contributed by atoms with Crippen LogP contribution in [-0.4, -0.2) is 16.2 Å². The Kier molecular flexibility index (Phi) is 4.02. The number of anilines is 1. The highest BCUT2D eigenvalue weighted by Gasteiger charge is 1.88. The Labute approximate surface area is 104 Å². The van der Waals surface area contributed by atoms with Crippen LogP contribution < -0.4 is 11.1 Å². The van der Waals surface area contributed by atoms with Gasteiger partial charge in [-0.25, -0.2) is 9.78 Å². The van der Waals surface area contributed by atoms with Crippen LogP contribution in [-0.2, 0) is 0 Å². The first-order valence-electron chi connectivity index (χ1n) is 5.41. The van der Waals surface area contributed by atoms with E-state index < -0.39 is 5.69 Å². The van der Waals surface area contributed by atoms with Crippen molar-refractivity contribution in [1.82, 2.24) is 9.97 Å². The smallest absolute Gasteiger partial charge is 0.291 e. The summed E-state index contributed by atoms with van der Waals surface area (Å²) in [6.45, 7) is 0. The highest BCUT2D eigenvalue weighted by molar-refractivity contribution is 5.78. The van der Waals surface area contributed by atoms with E-state index in [9.17, 15) is 4.79 Å². The molecule has 2 N–H and O–H groups in total. The van der Waals surface area contributed by atoms with E-state index in [2.05, 4.69) is 20.5 Å². The van der Waals surface area contributed by atoms with E-state index in [1.165, 1.54) is 6.20 Å². The average molecular weight is 240 g/mol. The summed E-state index contributed by atoms with van der Waals surface area (Å²) in [6, 6.07) is 11.5. The van der Waals surface area contributed by atoms with Crippen LogP contribution in [0.4, 0.5) is 5.82 Å². The van der Waals surface area contributed by atoms with Gasteiger partial charge in [0.25, 0.3) is 0 Å². The number of hydrazone groups is 1. The summed E-state index contributed by atoms with van der Waals surface area (Å²) >= 11 is 0. The number of allylic oxidation sites excluding steroid dienone is 1. The Morgan fingerprint density at radius 2 is 2.06 bits per heavy atom. The van der Waals surface area contributed by atoms with Crippen molar-refractivity contribution < 1.29 is 0 Å². The predicted octanol–water partition coefficient (Wildman–Crippen LogP) is 1.88. The Morgan fingerprint density at radius 3 is 2.83 bits per heavy atom. The van der Waals surface area contributed by atoms with Gasteiger partial charge >= 0.3 is 5.69 Å². The maximum atomic E-state index is 10.9. The van der Waals surface area contributed by atoms with Gasteiger partial charge in [-0.1, -0.05) is 36.4 Å². The summed E-state index contributed by atoms with van der Waals surface area (Å²) in [7, 11) is 0. The number of rotatable bonds is 4. The van der Waals surface area contributed by atoms with Crippen LogP contribution in [0.5, 0.6) is 0 Å². The predicted molar refractivity (Wildman–Crippen MR) is 72.4 cm³/mol. The first kappa shape index (κ1) is 11.8. The number of hydrogen-bond acceptors (Lipinski definition) is 4. The fraction of sp³-hybridized carbons (Fsp3) is 0. The van der Waals surface area contributed by atoms with Crippen molar-refractivity contribution in [2.45, 2.75) is 0 Å². The topological polar surface area (TPSA) is 70.1 Å². The van der Waals surface area contributed by atoms with Crippen LogP contribution in [0.15, 0.2) is 58.6 Å². The van der Waals surface area contributed by atoms with Gasteiger partial charge in [0, 0.05) is 12.4 Å². The van der Waals surface area contributed by atoms with Crippen LogP contribution in [0.1, 0.15) is 5.56 Å². The van der Waals surface area contributed by atoms with Gasteiger partial charge in [0.2, 0.25) is 0 Å². The molecule has 2 aromatic rings. The number of aromatic amines is 1. The SMILES string of the molecule is O=c1nccc(N/N=C/C=C\c2ccccc2)[nH]1. The third-order valence-corrected chi connectivity index (χ3v) is 2.11. The van der Waals surface area contributed by atoms with Gasteiger partial charge < -0.3 is 0 Å². The second-order valence-corrected chi connectivity index (χ2v) is 3.45. The molecule has 0 aliphatic heterocycles. The third-order valence-electron chi connectivity index (χ3n) is 2.11. The average Bonchev–Trinajstić information content (AvgIpc) is 2.40. The molecule has 1 aromatic heterocycles. The zero-order valence-corrected chi connectivity index (χ0v) is 9.58. The van der Waals surface area contributed by atoms with Crippen molar-refractivity contribution in [2.24, 2.45) is 5.10 Å². The Morgan fingerprint density at radius 1 is 1.22 bits per heavy atom. The van der Waals surface area contributed by atoms with Crippen LogP contribution in [0.2, 0.25) is 0 Å². The molecule has 0 fully saturated rings. The molecule has 0 spiro atoms. The molecule has 1 aromatic carbocycles. The van der Waals surface area contributed by atoms with Gasteiger partial charge in [0.15, 0.2) is 0 Å². The zero-order valence-electron chi connectivity index (χ0n) is 9.58. The fourth-order valence-electron chi connectivity index (χ4n) is 1.30. The lowest BCUT2D eigenvalue weighted by atomic mass is 10.2. The van der Waals surface area contributed by atoms with Crippen molar-refractivity contribution in [2.75, 3.05) is 5.43 Å². The van der Waals surface area contributed by atoms with Crippen LogP contribution >= 0.6 is 0 Å². The van der Waals surface area contributed by atoms with Gasteiger partial charge in [-0.3, -0.25) is 10.4 Å². The Hall–Kier alpha value is -2.69. The number of benzene rings is 1. The number of nitrogens with zero attached hydrogens (tertiary/aromatic N) is 2. The minimum absolute atomic E-state index is 0.407. The maximum Gasteiger partial charge on any atom is 0.346 e. The molecule has 90 valence electrons. The highest BCUT2D eigenvalue weighted by Crippen LogP contribution is 2.00. The number of H-pyrrole nitrogens is 1. The highest BCUT2D eigenvalue weighted by atomic mass is 16.1. The number of nitrogens with one attached hydrogen (secondary N) is 2. The molecule has 0 aliphatic carbocycles. The molecule has 1 heterocycles. The van der Waals surface area contributed by atoms with Crippen molar-refractivity contribution in [3.8, 4) is 0 Å². The van der Waals surface area contributed by atoms with Crippen LogP contribution in [0.3, 0.4) is 0 Å². The molecular weight excluding hydrogens is 228 g/mol. The van der Waals surface area contributed by atoms with E-state index in [1.54, 1.807) is 12.3 Å². The number of hydrogen-bond donors (Lipinski definition) is 2. The van der Waals surface area contributed by atoms with Gasteiger partial charge in [-0.15, -0.1) is 0 Å². The molecule has 0 saturated heterocycles. The van der Waals surface area contributed by atoms with Gasteiger partial charge in [0.1, 0.15) is 5.82 Å². The van der Waals surface area contributed by atoms with Crippen molar-refractivity contribution in [3.63, 3.8) is 0 Å². The summed E-state index contributed by atoms with van der Waals surface area (Å²) in [5.74, 6) is 0.499. The molecule has 0 amide bonds. The fourth-order valence-corrected chi connectivity index (χ4v) is 1.30. The summed E-state index contributed by atoms with van der Waals surface area (Å²) in [5.41, 5.74) is 3.39. The first-order chi connectivity index (χ1) is 8.84. The molecule has 0 bridgehead atoms. The van der Waals surface area contributed by atoms with Gasteiger partial charge in [0.05, 0.1) is 0 Å². The Balaban J connectivity index is 1.89. The van der Waals surface area contributed by atoms with Crippen molar-refractivity contribution in [3.05, 3.63) is 64.7 Å². The van der Waals surface area contributed by atoms with E-state index in [4.69, 9.17) is 0 Å².